The molecule has 0 saturated heterocycles. The SMILES string of the molecule is CN(C)CCOc1ccc(NCC(C)(C)CO)cc1. The van der Waals surface area contributed by atoms with Crippen LogP contribution in [0.25, 0.3) is 0 Å². The monoisotopic (exact) mass is 266 g/mol. The van der Waals surface area contributed by atoms with E-state index in [9.17, 15) is 5.11 Å². The molecular formula is C15H26N2O2. The van der Waals surface area contributed by atoms with Gasteiger partial charge in [0.1, 0.15) is 12.4 Å². The number of hydrogen-bond donors (Lipinski definition) is 2. The highest BCUT2D eigenvalue weighted by molar-refractivity contribution is 5.46. The van der Waals surface area contributed by atoms with Gasteiger partial charge in [0.25, 0.3) is 0 Å². The van der Waals surface area contributed by atoms with Gasteiger partial charge < -0.3 is 20.1 Å². The lowest BCUT2D eigenvalue weighted by Gasteiger charge is -2.22. The van der Waals surface area contributed by atoms with Gasteiger partial charge in [0, 0.05) is 30.8 Å². The van der Waals surface area contributed by atoms with Crippen molar-refractivity contribution in [3.8, 4) is 5.75 Å². The Morgan fingerprint density at radius 2 is 1.84 bits per heavy atom. The van der Waals surface area contributed by atoms with Crippen LogP contribution in [0.3, 0.4) is 0 Å². The van der Waals surface area contributed by atoms with Crippen molar-refractivity contribution in [2.24, 2.45) is 5.41 Å². The highest BCUT2D eigenvalue weighted by atomic mass is 16.5. The van der Waals surface area contributed by atoms with E-state index in [1.54, 1.807) is 0 Å². The van der Waals surface area contributed by atoms with Crippen molar-refractivity contribution in [1.82, 2.24) is 4.90 Å². The van der Waals surface area contributed by atoms with Gasteiger partial charge >= 0.3 is 0 Å². The third kappa shape index (κ3) is 6.45. The number of rotatable bonds is 8. The average Bonchev–Trinajstić information content (AvgIpc) is 2.37. The topological polar surface area (TPSA) is 44.7 Å². The fourth-order valence-electron chi connectivity index (χ4n) is 1.41. The van der Waals surface area contributed by atoms with Crippen LogP contribution in [0.15, 0.2) is 24.3 Å². The van der Waals surface area contributed by atoms with Gasteiger partial charge in [0.05, 0.1) is 0 Å². The van der Waals surface area contributed by atoms with Crippen molar-refractivity contribution in [2.75, 3.05) is 45.7 Å². The van der Waals surface area contributed by atoms with Gasteiger partial charge in [-0.15, -0.1) is 0 Å². The number of likely N-dealkylation sites (N-methyl/N-ethyl adjacent to an activating group) is 1. The largest absolute Gasteiger partial charge is 0.492 e. The quantitative estimate of drug-likeness (QED) is 0.756. The molecule has 0 amide bonds. The maximum atomic E-state index is 9.19. The van der Waals surface area contributed by atoms with E-state index in [0.29, 0.717) is 6.61 Å². The fourth-order valence-corrected chi connectivity index (χ4v) is 1.41. The van der Waals surface area contributed by atoms with Crippen LogP contribution < -0.4 is 10.1 Å². The van der Waals surface area contributed by atoms with E-state index < -0.39 is 0 Å². The Morgan fingerprint density at radius 3 is 2.37 bits per heavy atom. The summed E-state index contributed by atoms with van der Waals surface area (Å²) in [5.74, 6) is 0.883. The molecule has 0 saturated carbocycles. The van der Waals surface area contributed by atoms with Crippen LogP contribution in [0.2, 0.25) is 0 Å². The van der Waals surface area contributed by atoms with Gasteiger partial charge in [-0.2, -0.15) is 0 Å². The summed E-state index contributed by atoms with van der Waals surface area (Å²) in [4.78, 5) is 2.09. The first-order valence-electron chi connectivity index (χ1n) is 6.65. The van der Waals surface area contributed by atoms with Crippen LogP contribution in [0, 0.1) is 5.41 Å². The number of nitrogens with one attached hydrogen (secondary N) is 1. The molecule has 0 atom stereocenters. The van der Waals surface area contributed by atoms with Crippen LogP contribution in [-0.2, 0) is 0 Å². The molecule has 2 N–H and O–H groups in total. The van der Waals surface area contributed by atoms with Gasteiger partial charge in [-0.1, -0.05) is 13.8 Å². The maximum Gasteiger partial charge on any atom is 0.119 e. The first kappa shape index (κ1) is 15.8. The smallest absolute Gasteiger partial charge is 0.119 e. The maximum absolute atomic E-state index is 9.19. The zero-order chi connectivity index (χ0) is 14.3. The third-order valence-corrected chi connectivity index (χ3v) is 2.86. The molecule has 1 aromatic carbocycles. The van der Waals surface area contributed by atoms with Crippen molar-refractivity contribution in [3.63, 3.8) is 0 Å². The molecule has 0 fully saturated rings. The fraction of sp³-hybridized carbons (Fsp3) is 0.600. The normalized spacial score (nSPS) is 11.7. The van der Waals surface area contributed by atoms with E-state index in [4.69, 9.17) is 4.74 Å². The van der Waals surface area contributed by atoms with Crippen molar-refractivity contribution in [2.45, 2.75) is 13.8 Å². The molecule has 1 rings (SSSR count). The molecule has 0 aliphatic rings. The Hall–Kier alpha value is -1.26. The molecule has 0 bridgehead atoms. The summed E-state index contributed by atoms with van der Waals surface area (Å²) in [7, 11) is 4.05. The standard InChI is InChI=1S/C15H26N2O2/c1-15(2,12-18)11-16-13-5-7-14(8-6-13)19-10-9-17(3)4/h5-8,16,18H,9-12H2,1-4H3. The van der Waals surface area contributed by atoms with Crippen LogP contribution in [0.1, 0.15) is 13.8 Å². The molecule has 0 aromatic heterocycles. The van der Waals surface area contributed by atoms with Crippen LogP contribution in [0.5, 0.6) is 5.75 Å². The minimum atomic E-state index is -0.110. The summed E-state index contributed by atoms with van der Waals surface area (Å²) in [6, 6.07) is 7.92. The molecule has 0 heterocycles. The number of aliphatic hydroxyl groups is 1. The molecule has 108 valence electrons. The van der Waals surface area contributed by atoms with Crippen molar-refractivity contribution >= 4 is 5.69 Å². The highest BCUT2D eigenvalue weighted by Crippen LogP contribution is 2.18. The van der Waals surface area contributed by atoms with Crippen molar-refractivity contribution in [1.29, 1.82) is 0 Å². The number of benzene rings is 1. The molecule has 4 heteroatoms. The van der Waals surface area contributed by atoms with Crippen LogP contribution in [-0.4, -0.2) is 50.4 Å². The van der Waals surface area contributed by atoms with Gasteiger partial charge in [-0.05, 0) is 38.4 Å². The summed E-state index contributed by atoms with van der Waals surface area (Å²) < 4.78 is 5.63. The van der Waals surface area contributed by atoms with Crippen molar-refractivity contribution in [3.05, 3.63) is 24.3 Å². The summed E-state index contributed by atoms with van der Waals surface area (Å²) in [5.41, 5.74) is 0.933. The number of nitrogens with zero attached hydrogens (tertiary/aromatic N) is 1. The Bertz CT molecular complexity index is 361. The van der Waals surface area contributed by atoms with Crippen LogP contribution >= 0.6 is 0 Å². The van der Waals surface area contributed by atoms with E-state index in [0.717, 1.165) is 24.5 Å². The summed E-state index contributed by atoms with van der Waals surface area (Å²) in [6.45, 7) is 6.57. The Kier molecular flexibility index (Phi) is 6.12. The van der Waals surface area contributed by atoms with E-state index in [2.05, 4.69) is 10.2 Å². The molecule has 0 radical (unpaired) electrons. The first-order valence-corrected chi connectivity index (χ1v) is 6.65. The van der Waals surface area contributed by atoms with E-state index >= 15 is 0 Å². The first-order chi connectivity index (χ1) is 8.93. The molecule has 0 unspecified atom stereocenters. The Balaban J connectivity index is 2.39. The van der Waals surface area contributed by atoms with Gasteiger partial charge in [0.15, 0.2) is 0 Å². The van der Waals surface area contributed by atoms with E-state index in [1.165, 1.54) is 0 Å². The second-order valence-electron chi connectivity index (χ2n) is 5.85. The predicted molar refractivity (Wildman–Crippen MR) is 79.8 cm³/mol. The lowest BCUT2D eigenvalue weighted by molar-refractivity contribution is 0.171. The molecule has 0 spiro atoms. The second kappa shape index (κ2) is 7.36. The third-order valence-electron chi connectivity index (χ3n) is 2.86. The molecule has 19 heavy (non-hydrogen) atoms. The number of hydrogen-bond acceptors (Lipinski definition) is 4. The minimum absolute atomic E-state index is 0.110. The molecule has 0 aliphatic carbocycles. The van der Waals surface area contributed by atoms with Gasteiger partial charge in [0.2, 0.25) is 0 Å². The average molecular weight is 266 g/mol. The minimum Gasteiger partial charge on any atom is -0.492 e. The highest BCUT2D eigenvalue weighted by Gasteiger charge is 2.15. The van der Waals surface area contributed by atoms with Crippen molar-refractivity contribution < 1.29 is 9.84 Å². The van der Waals surface area contributed by atoms with Gasteiger partial charge in [-0.3, -0.25) is 0 Å². The van der Waals surface area contributed by atoms with E-state index in [-0.39, 0.29) is 12.0 Å². The Labute approximate surface area is 116 Å². The number of aliphatic hydroxyl groups excluding tert-OH is 1. The number of ether oxygens (including phenoxy) is 1. The molecule has 1 aromatic rings. The number of anilines is 1. The lowest BCUT2D eigenvalue weighted by Crippen LogP contribution is -2.26. The van der Waals surface area contributed by atoms with Crippen LogP contribution in [0.4, 0.5) is 5.69 Å². The molecule has 4 nitrogen and oxygen atoms in total. The zero-order valence-electron chi connectivity index (χ0n) is 12.4. The summed E-state index contributed by atoms with van der Waals surface area (Å²) in [6.07, 6.45) is 0. The predicted octanol–water partition coefficient (Wildman–Crippen LogP) is 2.06. The van der Waals surface area contributed by atoms with E-state index in [1.807, 2.05) is 52.2 Å². The second-order valence-corrected chi connectivity index (χ2v) is 5.85. The molecular weight excluding hydrogens is 240 g/mol. The zero-order valence-corrected chi connectivity index (χ0v) is 12.4. The van der Waals surface area contributed by atoms with Gasteiger partial charge in [-0.25, -0.2) is 0 Å². The summed E-state index contributed by atoms with van der Waals surface area (Å²) >= 11 is 0. The Morgan fingerprint density at radius 1 is 1.21 bits per heavy atom. The molecule has 0 aliphatic heterocycles. The summed E-state index contributed by atoms with van der Waals surface area (Å²) in [5, 5.41) is 12.5. The lowest BCUT2D eigenvalue weighted by atomic mass is 9.95.